The average molecular weight is 493 g/mol. The molecule has 1 N–H and O–H groups in total. The van der Waals surface area contributed by atoms with Crippen LogP contribution >= 0.6 is 0 Å². The molecule has 36 heavy (non-hydrogen) atoms. The van der Waals surface area contributed by atoms with Gasteiger partial charge in [0.2, 0.25) is 0 Å². The largest absolute Gasteiger partial charge is 0.507 e. The van der Waals surface area contributed by atoms with Gasteiger partial charge in [0, 0.05) is 6.08 Å². The molecule has 0 amide bonds. The number of aryl methyl sites for hydroxylation is 6. The van der Waals surface area contributed by atoms with Crippen molar-refractivity contribution in [3.05, 3.63) is 70.3 Å². The molecule has 0 saturated heterocycles. The third-order valence-electron chi connectivity index (χ3n) is 6.74. The Morgan fingerprint density at radius 1 is 0.778 bits per heavy atom. The summed E-state index contributed by atoms with van der Waals surface area (Å²) in [4.78, 5) is 12.2. The molecule has 0 heterocycles. The molecule has 2 rings (SSSR count). The normalized spacial score (nSPS) is 11.5. The molecule has 2 aromatic rings. The van der Waals surface area contributed by atoms with Crippen LogP contribution in [0, 0.1) is 24.7 Å². The lowest BCUT2D eigenvalue weighted by Crippen LogP contribution is -2.10. The van der Waals surface area contributed by atoms with Gasteiger partial charge in [0.05, 0.1) is 0 Å². The van der Waals surface area contributed by atoms with E-state index in [0.29, 0.717) is 42.1 Å². The van der Waals surface area contributed by atoms with Crippen molar-refractivity contribution in [3.8, 4) is 11.5 Å². The molecule has 0 unspecified atom stereocenters. The zero-order valence-corrected chi connectivity index (χ0v) is 23.7. The van der Waals surface area contributed by atoms with Crippen molar-refractivity contribution in [2.24, 2.45) is 17.8 Å². The fourth-order valence-electron chi connectivity index (χ4n) is 4.54. The minimum Gasteiger partial charge on any atom is -0.507 e. The molecule has 0 atom stereocenters. The summed E-state index contributed by atoms with van der Waals surface area (Å²) in [6.07, 6.45) is 8.60. The van der Waals surface area contributed by atoms with Gasteiger partial charge in [-0.3, -0.25) is 0 Å². The zero-order valence-electron chi connectivity index (χ0n) is 23.7. The number of hydrogen-bond acceptors (Lipinski definition) is 3. The number of aromatic hydroxyl groups is 1. The highest BCUT2D eigenvalue weighted by molar-refractivity contribution is 5.84. The zero-order chi connectivity index (χ0) is 26.8. The summed E-state index contributed by atoms with van der Waals surface area (Å²) in [5.41, 5.74) is 6.59. The van der Waals surface area contributed by atoms with Gasteiger partial charge < -0.3 is 9.84 Å². The van der Waals surface area contributed by atoms with E-state index in [1.165, 1.54) is 11.6 Å². The number of benzene rings is 2. The lowest BCUT2D eigenvalue weighted by atomic mass is 9.91. The third-order valence-corrected chi connectivity index (χ3v) is 6.74. The Balaban J connectivity index is 2.41. The minimum atomic E-state index is -0.430. The Hall–Kier alpha value is -2.55. The lowest BCUT2D eigenvalue weighted by molar-refractivity contribution is -0.129. The van der Waals surface area contributed by atoms with Crippen LogP contribution in [0.4, 0.5) is 0 Å². The van der Waals surface area contributed by atoms with Crippen LogP contribution in [0.15, 0.2) is 36.9 Å². The molecular weight excluding hydrogens is 444 g/mol. The van der Waals surface area contributed by atoms with Crippen LogP contribution < -0.4 is 4.74 Å². The first kappa shape index (κ1) is 29.7. The highest BCUT2D eigenvalue weighted by atomic mass is 16.5. The Bertz CT molecular complexity index is 1010. The topological polar surface area (TPSA) is 46.5 Å². The number of phenolic OH excluding ortho intramolecular Hbond substituents is 1. The molecule has 0 aliphatic rings. The molecular formula is C33H48O3. The van der Waals surface area contributed by atoms with Crippen molar-refractivity contribution >= 4 is 5.97 Å². The predicted molar refractivity (Wildman–Crippen MR) is 152 cm³/mol. The van der Waals surface area contributed by atoms with Crippen molar-refractivity contribution in [2.75, 3.05) is 0 Å². The number of ether oxygens (including phenoxy) is 1. The van der Waals surface area contributed by atoms with E-state index in [1.54, 1.807) is 0 Å². The van der Waals surface area contributed by atoms with E-state index in [2.05, 4.69) is 79.3 Å². The monoisotopic (exact) mass is 492 g/mol. The molecule has 0 radical (unpaired) electrons. The molecule has 2 aromatic carbocycles. The van der Waals surface area contributed by atoms with Gasteiger partial charge in [-0.05, 0) is 104 Å². The number of phenols is 1. The number of carbonyl (C=O) groups excluding carboxylic acids is 1. The maximum absolute atomic E-state index is 12.2. The molecule has 0 bridgehead atoms. The fourth-order valence-corrected chi connectivity index (χ4v) is 4.54. The van der Waals surface area contributed by atoms with Gasteiger partial charge in [-0.15, -0.1) is 0 Å². The highest BCUT2D eigenvalue weighted by Gasteiger charge is 2.17. The Kier molecular flexibility index (Phi) is 11.8. The highest BCUT2D eigenvalue weighted by Crippen LogP contribution is 2.33. The standard InChI is InChI=1S/C33H48O3/c1-9-31(34)36-33-29(15-12-24(6)7)18-25(8)19-30(33)17-16-28-21-26(13-10-22(2)3)20-27(32(28)35)14-11-23(4)5/h9,18-24,35H,1,10-17H2,2-8H3. The van der Waals surface area contributed by atoms with Crippen LogP contribution in [0.2, 0.25) is 0 Å². The maximum Gasteiger partial charge on any atom is 0.335 e. The summed E-state index contributed by atoms with van der Waals surface area (Å²) in [6.45, 7) is 19.0. The second-order valence-electron chi connectivity index (χ2n) is 11.6. The molecule has 0 aromatic heterocycles. The van der Waals surface area contributed by atoms with Gasteiger partial charge >= 0.3 is 5.97 Å². The average Bonchev–Trinajstić information content (AvgIpc) is 2.81. The van der Waals surface area contributed by atoms with E-state index < -0.39 is 5.97 Å². The van der Waals surface area contributed by atoms with Gasteiger partial charge in [-0.25, -0.2) is 4.79 Å². The lowest BCUT2D eigenvalue weighted by Gasteiger charge is -2.18. The maximum atomic E-state index is 12.2. The van der Waals surface area contributed by atoms with Gasteiger partial charge in [0.25, 0.3) is 0 Å². The van der Waals surface area contributed by atoms with Gasteiger partial charge in [-0.2, -0.15) is 0 Å². The van der Waals surface area contributed by atoms with Crippen molar-refractivity contribution in [3.63, 3.8) is 0 Å². The first-order valence-corrected chi connectivity index (χ1v) is 13.8. The summed E-state index contributed by atoms with van der Waals surface area (Å²) in [5.74, 6) is 2.46. The van der Waals surface area contributed by atoms with Gasteiger partial charge in [0.15, 0.2) is 0 Å². The first-order valence-electron chi connectivity index (χ1n) is 13.8. The molecule has 0 spiro atoms. The summed E-state index contributed by atoms with van der Waals surface area (Å²) in [5, 5.41) is 11.2. The fraction of sp³-hybridized carbons (Fsp3) is 0.545. The number of esters is 1. The molecule has 0 aliphatic heterocycles. The van der Waals surface area contributed by atoms with E-state index in [4.69, 9.17) is 4.74 Å². The predicted octanol–water partition coefficient (Wildman–Crippen LogP) is 8.34. The van der Waals surface area contributed by atoms with Crippen LogP contribution in [0.1, 0.15) is 94.2 Å². The minimum absolute atomic E-state index is 0.430. The quantitative estimate of drug-likeness (QED) is 0.164. The van der Waals surface area contributed by atoms with Crippen LogP contribution in [-0.2, 0) is 36.9 Å². The molecule has 198 valence electrons. The molecule has 0 fully saturated rings. The van der Waals surface area contributed by atoms with E-state index in [0.717, 1.165) is 66.3 Å². The Labute approximate surface area is 220 Å². The Morgan fingerprint density at radius 2 is 1.22 bits per heavy atom. The van der Waals surface area contributed by atoms with Crippen LogP contribution in [0.25, 0.3) is 0 Å². The van der Waals surface area contributed by atoms with E-state index in [1.807, 2.05) is 0 Å². The van der Waals surface area contributed by atoms with Crippen molar-refractivity contribution in [2.45, 2.75) is 99.8 Å². The molecule has 3 nitrogen and oxygen atoms in total. The van der Waals surface area contributed by atoms with E-state index in [-0.39, 0.29) is 0 Å². The van der Waals surface area contributed by atoms with E-state index in [9.17, 15) is 9.90 Å². The second kappa shape index (κ2) is 14.3. The molecule has 0 saturated carbocycles. The second-order valence-corrected chi connectivity index (χ2v) is 11.6. The SMILES string of the molecule is C=CC(=O)Oc1c(CCc2cc(CCC(C)C)cc(CCC(C)C)c2O)cc(C)cc1CCC(C)C. The van der Waals surface area contributed by atoms with Crippen molar-refractivity contribution < 1.29 is 14.6 Å². The van der Waals surface area contributed by atoms with Crippen LogP contribution in [-0.4, -0.2) is 11.1 Å². The number of rotatable bonds is 14. The number of hydrogen-bond donors (Lipinski definition) is 1. The summed E-state index contributed by atoms with van der Waals surface area (Å²) >= 11 is 0. The Morgan fingerprint density at radius 3 is 1.75 bits per heavy atom. The summed E-state index contributed by atoms with van der Waals surface area (Å²) < 4.78 is 5.79. The van der Waals surface area contributed by atoms with Crippen LogP contribution in [0.5, 0.6) is 11.5 Å². The van der Waals surface area contributed by atoms with E-state index >= 15 is 0 Å². The first-order chi connectivity index (χ1) is 17.0. The number of carbonyl (C=O) groups is 1. The molecule has 0 aliphatic carbocycles. The smallest absolute Gasteiger partial charge is 0.335 e. The third kappa shape index (κ3) is 9.48. The molecule has 3 heteroatoms. The van der Waals surface area contributed by atoms with Gasteiger partial charge in [0.1, 0.15) is 11.5 Å². The van der Waals surface area contributed by atoms with Crippen molar-refractivity contribution in [1.82, 2.24) is 0 Å². The van der Waals surface area contributed by atoms with Crippen molar-refractivity contribution in [1.29, 1.82) is 0 Å². The van der Waals surface area contributed by atoms with Crippen LogP contribution in [0.3, 0.4) is 0 Å². The summed E-state index contributed by atoms with van der Waals surface area (Å²) in [6, 6.07) is 8.63. The van der Waals surface area contributed by atoms with Gasteiger partial charge in [-0.1, -0.05) is 78.0 Å². The summed E-state index contributed by atoms with van der Waals surface area (Å²) in [7, 11) is 0.